The van der Waals surface area contributed by atoms with Crippen LogP contribution in [0.2, 0.25) is 0 Å². The van der Waals surface area contributed by atoms with Gasteiger partial charge in [-0.3, -0.25) is 4.68 Å². The normalized spacial score (nSPS) is 11.6. The van der Waals surface area contributed by atoms with E-state index in [0.29, 0.717) is 19.1 Å². The summed E-state index contributed by atoms with van der Waals surface area (Å²) in [5, 5.41) is 5.71. The summed E-state index contributed by atoms with van der Waals surface area (Å²) in [7, 11) is 0. The molecule has 3 rings (SSSR count). The Balaban J connectivity index is 1.97. The highest BCUT2D eigenvalue weighted by Crippen LogP contribution is 2.19. The summed E-state index contributed by atoms with van der Waals surface area (Å²) in [6, 6.07) is 6.44. The minimum absolute atomic E-state index is 0.378. The zero-order valence-corrected chi connectivity index (χ0v) is 11.8. The Hall–Kier alpha value is -2.14. The molecular formula is C15H19N5. The zero-order chi connectivity index (χ0) is 14.1. The molecule has 0 saturated carbocycles. The van der Waals surface area contributed by atoms with E-state index in [0.717, 1.165) is 22.3 Å². The van der Waals surface area contributed by atoms with Crippen LogP contribution in [-0.4, -0.2) is 19.3 Å². The van der Waals surface area contributed by atoms with Crippen LogP contribution in [-0.2, 0) is 13.1 Å². The Morgan fingerprint density at radius 2 is 2.15 bits per heavy atom. The largest absolute Gasteiger partial charge is 0.326 e. The molecule has 0 spiro atoms. The lowest BCUT2D eigenvalue weighted by molar-refractivity contribution is 0.524. The minimum atomic E-state index is 0.378. The van der Waals surface area contributed by atoms with Crippen molar-refractivity contribution in [2.45, 2.75) is 33.0 Å². The van der Waals surface area contributed by atoms with Gasteiger partial charge in [-0.15, -0.1) is 0 Å². The van der Waals surface area contributed by atoms with E-state index in [2.05, 4.69) is 46.8 Å². The topological polar surface area (TPSA) is 61.7 Å². The SMILES string of the molecule is CC(C)n1ccc(Cn2cc(CN)c3cccnc32)n1. The van der Waals surface area contributed by atoms with Crippen LogP contribution in [0.1, 0.15) is 31.1 Å². The third-order valence-corrected chi connectivity index (χ3v) is 3.46. The van der Waals surface area contributed by atoms with Gasteiger partial charge in [0, 0.05) is 36.6 Å². The van der Waals surface area contributed by atoms with E-state index >= 15 is 0 Å². The number of fused-ring (bicyclic) bond motifs is 1. The van der Waals surface area contributed by atoms with Crippen LogP contribution in [0.25, 0.3) is 11.0 Å². The first kappa shape index (κ1) is 12.9. The zero-order valence-electron chi connectivity index (χ0n) is 11.8. The molecule has 0 fully saturated rings. The number of nitrogens with zero attached hydrogens (tertiary/aromatic N) is 4. The first-order chi connectivity index (χ1) is 9.69. The second-order valence-electron chi connectivity index (χ2n) is 5.24. The highest BCUT2D eigenvalue weighted by atomic mass is 15.3. The van der Waals surface area contributed by atoms with Crippen LogP contribution >= 0.6 is 0 Å². The van der Waals surface area contributed by atoms with Crippen molar-refractivity contribution in [2.24, 2.45) is 5.73 Å². The van der Waals surface area contributed by atoms with Gasteiger partial charge in [0.1, 0.15) is 5.65 Å². The van der Waals surface area contributed by atoms with E-state index < -0.39 is 0 Å². The molecular weight excluding hydrogens is 250 g/mol. The molecule has 104 valence electrons. The molecule has 3 heterocycles. The second-order valence-corrected chi connectivity index (χ2v) is 5.24. The molecule has 0 radical (unpaired) electrons. The van der Waals surface area contributed by atoms with Crippen molar-refractivity contribution in [1.29, 1.82) is 0 Å². The molecule has 0 aliphatic carbocycles. The maximum Gasteiger partial charge on any atom is 0.140 e. The molecule has 20 heavy (non-hydrogen) atoms. The van der Waals surface area contributed by atoms with Crippen LogP contribution in [0.5, 0.6) is 0 Å². The van der Waals surface area contributed by atoms with Crippen LogP contribution in [0.3, 0.4) is 0 Å². The van der Waals surface area contributed by atoms with Crippen molar-refractivity contribution in [3.05, 3.63) is 48.0 Å². The van der Waals surface area contributed by atoms with Gasteiger partial charge in [0.05, 0.1) is 12.2 Å². The number of rotatable bonds is 4. The number of nitrogens with two attached hydrogens (primary N) is 1. The van der Waals surface area contributed by atoms with Crippen LogP contribution in [0, 0.1) is 0 Å². The molecule has 0 amide bonds. The number of aromatic nitrogens is 4. The molecule has 2 N–H and O–H groups in total. The molecule has 3 aromatic rings. The highest BCUT2D eigenvalue weighted by molar-refractivity contribution is 5.80. The van der Waals surface area contributed by atoms with Crippen molar-refractivity contribution in [3.63, 3.8) is 0 Å². The van der Waals surface area contributed by atoms with Gasteiger partial charge in [0.15, 0.2) is 0 Å². The van der Waals surface area contributed by atoms with Gasteiger partial charge >= 0.3 is 0 Å². The quantitative estimate of drug-likeness (QED) is 0.790. The molecule has 5 nitrogen and oxygen atoms in total. The molecule has 0 unspecified atom stereocenters. The van der Waals surface area contributed by atoms with Crippen molar-refractivity contribution in [1.82, 2.24) is 19.3 Å². The van der Waals surface area contributed by atoms with Crippen molar-refractivity contribution in [3.8, 4) is 0 Å². The van der Waals surface area contributed by atoms with Gasteiger partial charge in [-0.1, -0.05) is 0 Å². The van der Waals surface area contributed by atoms with E-state index in [9.17, 15) is 0 Å². The van der Waals surface area contributed by atoms with E-state index in [4.69, 9.17) is 5.73 Å². The second kappa shape index (κ2) is 5.09. The molecule has 0 saturated heterocycles. The van der Waals surface area contributed by atoms with E-state index in [1.807, 2.05) is 23.1 Å². The van der Waals surface area contributed by atoms with Gasteiger partial charge in [-0.05, 0) is 37.6 Å². The van der Waals surface area contributed by atoms with Gasteiger partial charge in [-0.2, -0.15) is 5.10 Å². The first-order valence-electron chi connectivity index (χ1n) is 6.86. The molecule has 0 bridgehead atoms. The Kier molecular flexibility index (Phi) is 3.28. The lowest BCUT2D eigenvalue weighted by Gasteiger charge is -2.04. The summed E-state index contributed by atoms with van der Waals surface area (Å²) < 4.78 is 4.09. The highest BCUT2D eigenvalue weighted by Gasteiger charge is 2.10. The fraction of sp³-hybridized carbons (Fsp3) is 0.333. The minimum Gasteiger partial charge on any atom is -0.326 e. The summed E-state index contributed by atoms with van der Waals surface area (Å²) in [4.78, 5) is 4.46. The van der Waals surface area contributed by atoms with Gasteiger partial charge in [0.2, 0.25) is 0 Å². The average molecular weight is 269 g/mol. The number of hydrogen-bond acceptors (Lipinski definition) is 3. The molecule has 5 heteroatoms. The van der Waals surface area contributed by atoms with Crippen molar-refractivity contribution < 1.29 is 0 Å². The Morgan fingerprint density at radius 3 is 2.85 bits per heavy atom. The maximum atomic E-state index is 5.81. The van der Waals surface area contributed by atoms with E-state index in [1.54, 1.807) is 0 Å². The lowest BCUT2D eigenvalue weighted by atomic mass is 10.2. The smallest absolute Gasteiger partial charge is 0.140 e. The summed E-state index contributed by atoms with van der Waals surface area (Å²) in [5.41, 5.74) is 8.92. The molecule has 0 atom stereocenters. The Morgan fingerprint density at radius 1 is 1.30 bits per heavy atom. The van der Waals surface area contributed by atoms with Gasteiger partial charge < -0.3 is 10.3 Å². The standard InChI is InChI=1S/C15H19N5/c1-11(2)20-7-5-13(18-20)10-19-9-12(8-16)14-4-3-6-17-15(14)19/h3-7,9,11H,8,10,16H2,1-2H3. The van der Waals surface area contributed by atoms with Crippen LogP contribution in [0.15, 0.2) is 36.8 Å². The van der Waals surface area contributed by atoms with E-state index in [1.165, 1.54) is 0 Å². The van der Waals surface area contributed by atoms with Crippen LogP contribution in [0.4, 0.5) is 0 Å². The predicted molar refractivity (Wildman–Crippen MR) is 79.3 cm³/mol. The number of pyridine rings is 1. The summed E-state index contributed by atoms with van der Waals surface area (Å²) in [6.45, 7) is 5.48. The van der Waals surface area contributed by atoms with Crippen molar-refractivity contribution >= 4 is 11.0 Å². The Labute approximate surface area is 118 Å². The third-order valence-electron chi connectivity index (χ3n) is 3.46. The monoisotopic (exact) mass is 269 g/mol. The summed E-state index contributed by atoms with van der Waals surface area (Å²) in [5.74, 6) is 0. The molecule has 0 aliphatic rings. The number of hydrogen-bond donors (Lipinski definition) is 1. The molecule has 3 aromatic heterocycles. The fourth-order valence-corrected chi connectivity index (χ4v) is 2.40. The summed E-state index contributed by atoms with van der Waals surface area (Å²) >= 11 is 0. The van der Waals surface area contributed by atoms with Gasteiger partial charge in [0.25, 0.3) is 0 Å². The lowest BCUT2D eigenvalue weighted by Crippen LogP contribution is -2.04. The van der Waals surface area contributed by atoms with E-state index in [-0.39, 0.29) is 0 Å². The third kappa shape index (κ3) is 2.20. The maximum absolute atomic E-state index is 5.81. The van der Waals surface area contributed by atoms with Crippen molar-refractivity contribution in [2.75, 3.05) is 0 Å². The van der Waals surface area contributed by atoms with Gasteiger partial charge in [-0.25, -0.2) is 4.98 Å². The van der Waals surface area contributed by atoms with Crippen LogP contribution < -0.4 is 5.73 Å². The fourth-order valence-electron chi connectivity index (χ4n) is 2.40. The predicted octanol–water partition coefficient (Wildman–Crippen LogP) is 2.32. The summed E-state index contributed by atoms with van der Waals surface area (Å²) in [6.07, 6.45) is 5.90. The molecule has 0 aliphatic heterocycles. The average Bonchev–Trinajstić information content (AvgIpc) is 3.05. The molecule has 0 aromatic carbocycles. The first-order valence-corrected chi connectivity index (χ1v) is 6.86. The Bertz CT molecular complexity index is 723.